The molecule has 1 fully saturated rings. The smallest absolute Gasteiger partial charge is 0.140 e. The van der Waals surface area contributed by atoms with Crippen molar-refractivity contribution in [3.05, 3.63) is 17.3 Å². The first-order chi connectivity index (χ1) is 10.3. The fourth-order valence-electron chi connectivity index (χ4n) is 3.03. The number of nitrogens with one attached hydrogen (secondary N) is 1. The third kappa shape index (κ3) is 3.19. The first-order valence-corrected chi connectivity index (χ1v) is 8.85. The minimum absolute atomic E-state index is 0.591. The van der Waals surface area contributed by atoms with Crippen LogP contribution in [-0.4, -0.2) is 35.6 Å². The molecule has 0 radical (unpaired) electrons. The van der Waals surface area contributed by atoms with Gasteiger partial charge in [0.25, 0.3) is 0 Å². The van der Waals surface area contributed by atoms with Crippen LogP contribution in [0, 0.1) is 0 Å². The Morgan fingerprint density at radius 2 is 2.24 bits per heavy atom. The van der Waals surface area contributed by atoms with E-state index in [2.05, 4.69) is 40.1 Å². The average Bonchev–Trinajstić information content (AvgIpc) is 2.97. The van der Waals surface area contributed by atoms with Crippen molar-refractivity contribution >= 4 is 27.4 Å². The standard InChI is InChI=1S/C16H24N4S/c1-3-13-9-14-15(18-11-19-16(14)21-13)20(4-2)10-12-7-5-6-8-17-12/h9,11-12,17H,3-8,10H2,1-2H3. The lowest BCUT2D eigenvalue weighted by Gasteiger charge is -2.30. The van der Waals surface area contributed by atoms with Gasteiger partial charge in [-0.05, 0) is 38.8 Å². The van der Waals surface area contributed by atoms with Crippen molar-refractivity contribution in [1.29, 1.82) is 0 Å². The van der Waals surface area contributed by atoms with Crippen LogP contribution in [0.1, 0.15) is 38.0 Å². The molecule has 0 spiro atoms. The maximum absolute atomic E-state index is 4.58. The molecule has 0 bridgehead atoms. The van der Waals surface area contributed by atoms with E-state index in [1.807, 2.05) is 0 Å². The number of likely N-dealkylation sites (N-methyl/N-ethyl adjacent to an activating group) is 1. The highest BCUT2D eigenvalue weighted by molar-refractivity contribution is 7.18. The average molecular weight is 304 g/mol. The summed E-state index contributed by atoms with van der Waals surface area (Å²) in [5.74, 6) is 1.10. The number of thiophene rings is 1. The summed E-state index contributed by atoms with van der Waals surface area (Å²) in [6.07, 6.45) is 6.70. The Balaban J connectivity index is 1.87. The molecule has 3 rings (SSSR count). The lowest BCUT2D eigenvalue weighted by Crippen LogP contribution is -2.44. The van der Waals surface area contributed by atoms with Crippen molar-refractivity contribution in [3.8, 4) is 0 Å². The van der Waals surface area contributed by atoms with Gasteiger partial charge >= 0.3 is 0 Å². The van der Waals surface area contributed by atoms with Crippen molar-refractivity contribution in [2.24, 2.45) is 0 Å². The maximum Gasteiger partial charge on any atom is 0.140 e. The van der Waals surface area contributed by atoms with E-state index < -0.39 is 0 Å². The monoisotopic (exact) mass is 304 g/mol. The van der Waals surface area contributed by atoms with E-state index in [1.165, 1.54) is 29.5 Å². The van der Waals surface area contributed by atoms with Crippen LogP contribution >= 0.6 is 11.3 Å². The largest absolute Gasteiger partial charge is 0.355 e. The number of fused-ring (bicyclic) bond motifs is 1. The van der Waals surface area contributed by atoms with Gasteiger partial charge in [0.1, 0.15) is 17.0 Å². The number of hydrogen-bond acceptors (Lipinski definition) is 5. The number of aromatic nitrogens is 2. The van der Waals surface area contributed by atoms with Crippen LogP contribution < -0.4 is 10.2 Å². The van der Waals surface area contributed by atoms with Gasteiger partial charge in [-0.3, -0.25) is 0 Å². The molecule has 3 heterocycles. The van der Waals surface area contributed by atoms with Crippen LogP contribution in [0.25, 0.3) is 10.2 Å². The molecule has 2 aromatic heterocycles. The topological polar surface area (TPSA) is 41.0 Å². The predicted octanol–water partition coefficient (Wildman–Crippen LogP) is 3.22. The van der Waals surface area contributed by atoms with Crippen molar-refractivity contribution in [3.63, 3.8) is 0 Å². The molecule has 0 amide bonds. The lowest BCUT2D eigenvalue weighted by atomic mass is 10.0. The quantitative estimate of drug-likeness (QED) is 0.921. The Kier molecular flexibility index (Phi) is 4.70. The molecule has 0 saturated carbocycles. The first kappa shape index (κ1) is 14.7. The van der Waals surface area contributed by atoms with E-state index in [1.54, 1.807) is 17.7 Å². The van der Waals surface area contributed by atoms with Gasteiger partial charge in [-0.1, -0.05) is 13.3 Å². The van der Waals surface area contributed by atoms with E-state index in [0.29, 0.717) is 6.04 Å². The number of hydrogen-bond donors (Lipinski definition) is 1. The molecule has 1 atom stereocenters. The Bertz CT molecular complexity index is 589. The van der Waals surface area contributed by atoms with Crippen LogP contribution in [0.15, 0.2) is 12.4 Å². The fraction of sp³-hybridized carbons (Fsp3) is 0.625. The van der Waals surface area contributed by atoms with Crippen LogP contribution in [0.2, 0.25) is 0 Å². The lowest BCUT2D eigenvalue weighted by molar-refractivity contribution is 0.400. The molecule has 0 aliphatic carbocycles. The second kappa shape index (κ2) is 6.71. The van der Waals surface area contributed by atoms with Crippen LogP contribution in [-0.2, 0) is 6.42 Å². The Labute approximate surface area is 130 Å². The zero-order valence-corrected chi connectivity index (χ0v) is 13.7. The molecule has 21 heavy (non-hydrogen) atoms. The van der Waals surface area contributed by atoms with Crippen molar-refractivity contribution in [1.82, 2.24) is 15.3 Å². The molecule has 2 aromatic rings. The van der Waals surface area contributed by atoms with Gasteiger partial charge in [0.15, 0.2) is 0 Å². The summed E-state index contributed by atoms with van der Waals surface area (Å²) in [6.45, 7) is 7.59. The van der Waals surface area contributed by atoms with E-state index in [0.717, 1.165) is 36.7 Å². The predicted molar refractivity (Wildman–Crippen MR) is 90.3 cm³/mol. The molecule has 4 nitrogen and oxygen atoms in total. The molecule has 1 aliphatic heterocycles. The van der Waals surface area contributed by atoms with E-state index in [4.69, 9.17) is 0 Å². The van der Waals surface area contributed by atoms with E-state index in [9.17, 15) is 0 Å². The van der Waals surface area contributed by atoms with Gasteiger partial charge in [-0.25, -0.2) is 9.97 Å². The Morgan fingerprint density at radius 1 is 1.33 bits per heavy atom. The highest BCUT2D eigenvalue weighted by Gasteiger charge is 2.19. The summed E-state index contributed by atoms with van der Waals surface area (Å²) < 4.78 is 0. The highest BCUT2D eigenvalue weighted by Crippen LogP contribution is 2.30. The van der Waals surface area contributed by atoms with Crippen molar-refractivity contribution in [2.45, 2.75) is 45.6 Å². The maximum atomic E-state index is 4.58. The normalized spacial score (nSPS) is 19.0. The van der Waals surface area contributed by atoms with Gasteiger partial charge < -0.3 is 10.2 Å². The van der Waals surface area contributed by atoms with E-state index in [-0.39, 0.29) is 0 Å². The summed E-state index contributed by atoms with van der Waals surface area (Å²) in [7, 11) is 0. The van der Waals surface area contributed by atoms with Crippen LogP contribution in [0.4, 0.5) is 5.82 Å². The van der Waals surface area contributed by atoms with Gasteiger partial charge in [0.2, 0.25) is 0 Å². The highest BCUT2D eigenvalue weighted by atomic mass is 32.1. The number of piperidine rings is 1. The molecule has 114 valence electrons. The zero-order chi connectivity index (χ0) is 14.7. The van der Waals surface area contributed by atoms with Gasteiger partial charge in [0, 0.05) is 24.0 Å². The minimum Gasteiger partial charge on any atom is -0.355 e. The first-order valence-electron chi connectivity index (χ1n) is 8.03. The Morgan fingerprint density at radius 3 is 2.95 bits per heavy atom. The fourth-order valence-corrected chi connectivity index (χ4v) is 3.96. The molecule has 1 N–H and O–H groups in total. The van der Waals surface area contributed by atoms with Gasteiger partial charge in [0.05, 0.1) is 5.39 Å². The molecule has 0 aromatic carbocycles. The summed E-state index contributed by atoms with van der Waals surface area (Å²) in [5.41, 5.74) is 0. The number of rotatable bonds is 5. The molecular formula is C16H24N4S. The Hall–Kier alpha value is -1.20. The molecule has 1 aliphatic rings. The van der Waals surface area contributed by atoms with Crippen LogP contribution in [0.3, 0.4) is 0 Å². The summed E-state index contributed by atoms with van der Waals surface area (Å²) in [4.78, 5) is 13.9. The SMILES string of the molecule is CCc1cc2c(N(CC)CC3CCCCN3)ncnc2s1. The minimum atomic E-state index is 0.591. The molecule has 5 heteroatoms. The second-order valence-electron chi connectivity index (χ2n) is 5.67. The summed E-state index contributed by atoms with van der Waals surface area (Å²) in [6, 6.07) is 2.86. The van der Waals surface area contributed by atoms with Crippen LogP contribution in [0.5, 0.6) is 0 Å². The molecule has 1 unspecified atom stereocenters. The third-order valence-electron chi connectivity index (χ3n) is 4.24. The van der Waals surface area contributed by atoms with E-state index >= 15 is 0 Å². The van der Waals surface area contributed by atoms with Gasteiger partial charge in [-0.15, -0.1) is 11.3 Å². The molecule has 1 saturated heterocycles. The van der Waals surface area contributed by atoms with Crippen molar-refractivity contribution < 1.29 is 0 Å². The zero-order valence-electron chi connectivity index (χ0n) is 12.9. The second-order valence-corrected chi connectivity index (χ2v) is 6.78. The summed E-state index contributed by atoms with van der Waals surface area (Å²) in [5, 5.41) is 4.86. The third-order valence-corrected chi connectivity index (χ3v) is 5.43. The van der Waals surface area contributed by atoms with Gasteiger partial charge in [-0.2, -0.15) is 0 Å². The number of nitrogens with zero attached hydrogens (tertiary/aromatic N) is 3. The number of aryl methyl sites for hydroxylation is 1. The molecular weight excluding hydrogens is 280 g/mol. The number of anilines is 1. The van der Waals surface area contributed by atoms with Crippen molar-refractivity contribution in [2.75, 3.05) is 24.5 Å². The summed E-state index contributed by atoms with van der Waals surface area (Å²) >= 11 is 1.79.